The molecule has 5 rings (SSSR count). The number of quaternary nitrogens is 1. The number of ether oxygens (including phenoxy) is 1. The molecule has 4 bridgehead atoms. The van der Waals surface area contributed by atoms with E-state index in [1.807, 2.05) is 0 Å². The molecular weight excluding hydrogens is 316 g/mol. The maximum absolute atomic E-state index is 12.3. The number of nitrogens with one attached hydrogen (secondary N) is 1. The second kappa shape index (κ2) is 6.45. The smallest absolute Gasteiger partial charge is 0.337 e. The lowest BCUT2D eigenvalue weighted by Crippen LogP contribution is -3.00. The minimum Gasteiger partial charge on any atom is -0.465 e. The van der Waals surface area contributed by atoms with E-state index in [2.05, 4.69) is 15.4 Å². The molecule has 134 valence electrons. The van der Waals surface area contributed by atoms with Crippen LogP contribution in [0.4, 0.5) is 5.69 Å². The number of hydrogen-bond donors (Lipinski definition) is 2. The molecule has 0 aliphatic heterocycles. The van der Waals surface area contributed by atoms with Crippen LogP contribution in [0.1, 0.15) is 48.9 Å². The lowest BCUT2D eigenvalue weighted by atomic mass is 9.53. The molecule has 1 aromatic rings. The molecule has 4 aliphatic carbocycles. The molecule has 4 fully saturated rings. The number of nitrogens with two attached hydrogens (primary N) is 1. The van der Waals surface area contributed by atoms with Crippen molar-refractivity contribution < 1.29 is 19.6 Å². The van der Waals surface area contributed by atoms with E-state index >= 15 is 0 Å². The molecule has 5 heteroatoms. The van der Waals surface area contributed by atoms with E-state index in [1.54, 1.807) is 24.3 Å². The van der Waals surface area contributed by atoms with Crippen molar-refractivity contribution in [3.8, 4) is 0 Å². The first-order valence-corrected chi connectivity index (χ1v) is 9.38. The van der Waals surface area contributed by atoms with Crippen LogP contribution in [0.3, 0.4) is 0 Å². The van der Waals surface area contributed by atoms with Gasteiger partial charge in [0.1, 0.15) is 0 Å². The second-order valence-electron chi connectivity index (χ2n) is 8.31. The maximum Gasteiger partial charge on any atom is 0.337 e. The zero-order valence-corrected chi connectivity index (χ0v) is 14.8. The molecule has 1 amide bonds. The normalized spacial score (nSPS) is 32.4. The molecule has 4 saturated carbocycles. The van der Waals surface area contributed by atoms with Gasteiger partial charge in [-0.05, 0) is 61.3 Å². The molecule has 25 heavy (non-hydrogen) atoms. The van der Waals surface area contributed by atoms with Gasteiger partial charge in [-0.2, -0.15) is 0 Å². The predicted molar refractivity (Wildman–Crippen MR) is 94.1 cm³/mol. The van der Waals surface area contributed by atoms with E-state index in [1.165, 1.54) is 45.6 Å². The van der Waals surface area contributed by atoms with Gasteiger partial charge in [0.05, 0.1) is 18.2 Å². The van der Waals surface area contributed by atoms with Gasteiger partial charge in [-0.15, -0.1) is 0 Å². The minimum absolute atomic E-state index is 0.0292. The summed E-state index contributed by atoms with van der Waals surface area (Å²) in [6.45, 7) is 0.477. The molecule has 5 nitrogen and oxygen atoms in total. The molecule has 0 heterocycles. The standard InChI is InChI=1S/C20H26N2O3/c1-25-19(24)16-2-4-17(5-3-16)22-18(23)12-21-20-9-13-6-14(10-20)8-15(7-13)11-20/h2-5,13-15,21H,6-12H2,1H3,(H,22,23)/p+1. The lowest BCUT2D eigenvalue weighted by molar-refractivity contribution is -0.729. The van der Waals surface area contributed by atoms with Crippen LogP contribution >= 0.6 is 0 Å². The SMILES string of the molecule is COC(=O)c1ccc(NC(=O)C[NH2+]C23CC4CC(CC(C4)C2)C3)cc1. The highest BCUT2D eigenvalue weighted by Gasteiger charge is 2.53. The fourth-order valence-electron chi connectivity index (χ4n) is 5.76. The third-order valence-corrected chi connectivity index (χ3v) is 6.40. The van der Waals surface area contributed by atoms with Crippen LogP contribution in [0.25, 0.3) is 0 Å². The Hall–Kier alpha value is -1.88. The highest BCUT2D eigenvalue weighted by Crippen LogP contribution is 2.54. The van der Waals surface area contributed by atoms with Gasteiger partial charge in [-0.3, -0.25) is 4.79 Å². The van der Waals surface area contributed by atoms with Gasteiger partial charge in [-0.25, -0.2) is 4.79 Å². The summed E-state index contributed by atoms with van der Waals surface area (Å²) in [4.78, 5) is 23.8. The average molecular weight is 343 g/mol. The largest absolute Gasteiger partial charge is 0.465 e. The van der Waals surface area contributed by atoms with Crippen LogP contribution in [0, 0.1) is 17.8 Å². The molecule has 0 radical (unpaired) electrons. The molecule has 3 N–H and O–H groups in total. The highest BCUT2D eigenvalue weighted by molar-refractivity contribution is 5.93. The molecule has 0 atom stereocenters. The summed E-state index contributed by atoms with van der Waals surface area (Å²) in [5, 5.41) is 5.25. The molecule has 0 saturated heterocycles. The first-order chi connectivity index (χ1) is 12.0. The van der Waals surface area contributed by atoms with Crippen LogP contribution in [-0.4, -0.2) is 31.1 Å². The van der Waals surface area contributed by atoms with E-state index < -0.39 is 0 Å². The number of esters is 1. The van der Waals surface area contributed by atoms with Crippen molar-refractivity contribution in [2.75, 3.05) is 19.0 Å². The predicted octanol–water partition coefficient (Wildman–Crippen LogP) is 1.94. The molecule has 4 aliphatic rings. The Balaban J connectivity index is 1.31. The molecular formula is C20H27N2O3+. The zero-order valence-electron chi connectivity index (χ0n) is 14.8. The number of carbonyl (C=O) groups excluding carboxylic acids is 2. The third kappa shape index (κ3) is 3.43. The Morgan fingerprint density at radius 1 is 1.08 bits per heavy atom. The summed E-state index contributed by atoms with van der Waals surface area (Å²) in [7, 11) is 1.36. The Labute approximate surface area is 148 Å². The van der Waals surface area contributed by atoms with Gasteiger partial charge < -0.3 is 15.4 Å². The number of carbonyl (C=O) groups is 2. The number of amides is 1. The fraction of sp³-hybridized carbons (Fsp3) is 0.600. The second-order valence-corrected chi connectivity index (χ2v) is 8.31. The van der Waals surface area contributed by atoms with E-state index in [0.717, 1.165) is 23.4 Å². The van der Waals surface area contributed by atoms with Crippen molar-refractivity contribution in [3.05, 3.63) is 29.8 Å². The van der Waals surface area contributed by atoms with Crippen molar-refractivity contribution in [2.45, 2.75) is 44.1 Å². The summed E-state index contributed by atoms with van der Waals surface area (Å²) in [6.07, 6.45) is 8.14. The van der Waals surface area contributed by atoms with Gasteiger partial charge in [0.15, 0.2) is 6.54 Å². The van der Waals surface area contributed by atoms with Crippen molar-refractivity contribution in [1.82, 2.24) is 0 Å². The first kappa shape index (κ1) is 16.6. The van der Waals surface area contributed by atoms with Crippen LogP contribution in [-0.2, 0) is 9.53 Å². The average Bonchev–Trinajstić information content (AvgIpc) is 2.59. The van der Waals surface area contributed by atoms with Gasteiger partial charge in [0, 0.05) is 24.9 Å². The van der Waals surface area contributed by atoms with Gasteiger partial charge in [0.25, 0.3) is 5.91 Å². The Kier molecular flexibility index (Phi) is 4.28. The van der Waals surface area contributed by atoms with Crippen molar-refractivity contribution in [3.63, 3.8) is 0 Å². The topological polar surface area (TPSA) is 72.0 Å². The van der Waals surface area contributed by atoms with Crippen molar-refractivity contribution >= 4 is 17.6 Å². The summed E-state index contributed by atoms with van der Waals surface area (Å²) in [5.74, 6) is 2.36. The molecule has 0 aromatic heterocycles. The van der Waals surface area contributed by atoms with Crippen molar-refractivity contribution in [2.24, 2.45) is 17.8 Å². The lowest BCUT2D eigenvalue weighted by Gasteiger charge is -2.54. The van der Waals surface area contributed by atoms with Crippen LogP contribution < -0.4 is 10.6 Å². The van der Waals surface area contributed by atoms with Crippen molar-refractivity contribution in [1.29, 1.82) is 0 Å². The van der Waals surface area contributed by atoms with E-state index in [4.69, 9.17) is 0 Å². The number of anilines is 1. The quantitative estimate of drug-likeness (QED) is 0.803. The Morgan fingerprint density at radius 2 is 1.64 bits per heavy atom. The number of hydrogen-bond acceptors (Lipinski definition) is 3. The van der Waals surface area contributed by atoms with Crippen LogP contribution in [0.2, 0.25) is 0 Å². The molecule has 0 unspecified atom stereocenters. The van der Waals surface area contributed by atoms with Gasteiger partial charge >= 0.3 is 5.97 Å². The van der Waals surface area contributed by atoms with E-state index in [0.29, 0.717) is 17.6 Å². The van der Waals surface area contributed by atoms with Gasteiger partial charge in [0.2, 0.25) is 0 Å². The molecule has 1 aromatic carbocycles. The monoisotopic (exact) mass is 343 g/mol. The first-order valence-electron chi connectivity index (χ1n) is 9.38. The number of rotatable bonds is 5. The minimum atomic E-state index is -0.368. The highest BCUT2D eigenvalue weighted by atomic mass is 16.5. The fourth-order valence-corrected chi connectivity index (χ4v) is 5.76. The number of benzene rings is 1. The summed E-state index contributed by atoms with van der Waals surface area (Å²) >= 11 is 0. The van der Waals surface area contributed by atoms with Crippen LogP contribution in [0.15, 0.2) is 24.3 Å². The summed E-state index contributed by atoms with van der Waals surface area (Å²) in [5.41, 5.74) is 1.53. The van der Waals surface area contributed by atoms with E-state index in [9.17, 15) is 9.59 Å². The molecule has 0 spiro atoms. The summed E-state index contributed by atoms with van der Waals surface area (Å²) < 4.78 is 4.68. The summed E-state index contributed by atoms with van der Waals surface area (Å²) in [6, 6.07) is 6.83. The Bertz CT molecular complexity index is 633. The van der Waals surface area contributed by atoms with Crippen LogP contribution in [0.5, 0.6) is 0 Å². The Morgan fingerprint density at radius 3 is 2.16 bits per heavy atom. The number of methoxy groups -OCH3 is 1. The zero-order chi connectivity index (χ0) is 17.4. The van der Waals surface area contributed by atoms with Gasteiger partial charge in [-0.1, -0.05) is 0 Å². The maximum atomic E-state index is 12.3. The third-order valence-electron chi connectivity index (χ3n) is 6.40. The van der Waals surface area contributed by atoms with E-state index in [-0.39, 0.29) is 11.9 Å².